The number of ether oxygens (including phenoxy) is 2. The summed E-state index contributed by atoms with van der Waals surface area (Å²) in [6, 6.07) is -1.52. The summed E-state index contributed by atoms with van der Waals surface area (Å²) in [5, 5.41) is 8.90. The molecule has 11 nitrogen and oxygen atoms in total. The van der Waals surface area contributed by atoms with E-state index >= 15 is 0 Å². The fourth-order valence-electron chi connectivity index (χ4n) is 6.77. The summed E-state index contributed by atoms with van der Waals surface area (Å²) < 4.78 is 32.8. The summed E-state index contributed by atoms with van der Waals surface area (Å²) in [7, 11) is -4.71. The molecule has 0 aliphatic rings. The summed E-state index contributed by atoms with van der Waals surface area (Å²) in [5.41, 5.74) is 5.34. The average Bonchev–Trinajstić information content (AvgIpc) is 3.20. The van der Waals surface area contributed by atoms with E-state index in [1.807, 2.05) is 0 Å². The molecule has 0 bridgehead atoms. The van der Waals surface area contributed by atoms with Crippen LogP contribution in [0.5, 0.6) is 0 Å². The molecule has 0 radical (unpaired) electrons. The Hall–Kier alpha value is -1.78. The van der Waals surface area contributed by atoms with Crippen molar-refractivity contribution in [3.05, 3.63) is 12.2 Å². The van der Waals surface area contributed by atoms with Crippen LogP contribution in [0.1, 0.15) is 232 Å². The number of esters is 2. The van der Waals surface area contributed by atoms with Crippen molar-refractivity contribution in [2.75, 3.05) is 19.8 Å². The fourth-order valence-corrected chi connectivity index (χ4v) is 7.55. The summed E-state index contributed by atoms with van der Waals surface area (Å²) >= 11 is 0. The first-order valence-corrected chi connectivity index (χ1v) is 25.2. The molecule has 0 saturated heterocycles. The van der Waals surface area contributed by atoms with Crippen LogP contribution < -0.4 is 5.73 Å². The SMILES string of the molecule is CCCCCCCCC/C=C\CCCCCCCCCC(=O)OC(COC(=O)CCCCCCCCCCCCCCCCCC)COP(=O)(O)OCC(N)C(=O)O. The Labute approximate surface area is 354 Å². The molecule has 0 spiro atoms. The third-order valence-corrected chi connectivity index (χ3v) is 11.5. The minimum Gasteiger partial charge on any atom is -0.480 e. The molecule has 0 aliphatic heterocycles. The lowest BCUT2D eigenvalue weighted by atomic mass is 10.0. The molecule has 0 saturated carbocycles. The van der Waals surface area contributed by atoms with Gasteiger partial charge < -0.3 is 25.2 Å². The van der Waals surface area contributed by atoms with Crippen LogP contribution in [-0.4, -0.2) is 59.9 Å². The highest BCUT2D eigenvalue weighted by Crippen LogP contribution is 2.43. The molecule has 0 aromatic heterocycles. The van der Waals surface area contributed by atoms with Gasteiger partial charge in [-0.05, 0) is 38.5 Å². The molecule has 0 aliphatic carbocycles. The van der Waals surface area contributed by atoms with Crippen molar-refractivity contribution in [1.82, 2.24) is 0 Å². The van der Waals surface area contributed by atoms with Gasteiger partial charge >= 0.3 is 25.7 Å². The van der Waals surface area contributed by atoms with E-state index in [-0.39, 0.29) is 19.4 Å². The van der Waals surface area contributed by atoms with Crippen molar-refractivity contribution in [1.29, 1.82) is 0 Å². The molecule has 0 rings (SSSR count). The Bertz CT molecular complexity index is 1040. The Morgan fingerprint density at radius 3 is 1.26 bits per heavy atom. The standard InChI is InChI=1S/C46H88NO10P/c1-3-5-7-9-11-13-15-17-19-21-22-24-26-28-30-32-34-36-38-45(49)57-42(40-55-58(52,53)56-41-43(47)46(50)51)39-54-44(48)37-35-33-31-29-27-25-23-20-18-16-14-12-10-8-6-4-2/h19,21,42-43H,3-18,20,22-41,47H2,1-2H3,(H,50,51)(H,52,53)/b21-19-. The number of carbonyl (C=O) groups is 3. The number of carboxylic acids is 1. The number of phosphoric acid groups is 1. The number of unbranched alkanes of at least 4 members (excludes halogenated alkanes) is 29. The van der Waals surface area contributed by atoms with E-state index in [4.69, 9.17) is 24.8 Å². The van der Waals surface area contributed by atoms with Gasteiger partial charge in [-0.1, -0.05) is 193 Å². The first-order valence-electron chi connectivity index (χ1n) is 23.7. The van der Waals surface area contributed by atoms with E-state index in [0.717, 1.165) is 44.9 Å². The zero-order valence-corrected chi connectivity index (χ0v) is 38.1. The van der Waals surface area contributed by atoms with Gasteiger partial charge in [0.25, 0.3) is 0 Å². The molecule has 0 aromatic carbocycles. The zero-order valence-electron chi connectivity index (χ0n) is 37.2. The Morgan fingerprint density at radius 2 is 0.862 bits per heavy atom. The molecular weight excluding hydrogens is 757 g/mol. The normalized spacial score (nSPS) is 13.7. The van der Waals surface area contributed by atoms with Gasteiger partial charge in [-0.3, -0.25) is 23.4 Å². The van der Waals surface area contributed by atoms with Crippen LogP contribution in [0.2, 0.25) is 0 Å². The predicted molar refractivity (Wildman–Crippen MR) is 236 cm³/mol. The van der Waals surface area contributed by atoms with Crippen molar-refractivity contribution in [3.8, 4) is 0 Å². The lowest BCUT2D eigenvalue weighted by Crippen LogP contribution is -2.34. The van der Waals surface area contributed by atoms with Crippen molar-refractivity contribution in [2.24, 2.45) is 5.73 Å². The number of aliphatic carboxylic acids is 1. The van der Waals surface area contributed by atoms with Gasteiger partial charge in [0.1, 0.15) is 12.6 Å². The maximum Gasteiger partial charge on any atom is 0.472 e. The molecular formula is C46H88NO10P. The molecule has 4 N–H and O–H groups in total. The summed E-state index contributed by atoms with van der Waals surface area (Å²) in [4.78, 5) is 46.0. The number of hydrogen-bond donors (Lipinski definition) is 3. The zero-order chi connectivity index (χ0) is 42.8. The van der Waals surface area contributed by atoms with Gasteiger partial charge in [0.2, 0.25) is 0 Å². The molecule has 0 amide bonds. The highest BCUT2D eigenvalue weighted by molar-refractivity contribution is 7.47. The van der Waals surface area contributed by atoms with Gasteiger partial charge in [-0.15, -0.1) is 0 Å². The van der Waals surface area contributed by atoms with Gasteiger partial charge in [0.05, 0.1) is 13.2 Å². The van der Waals surface area contributed by atoms with E-state index < -0.39 is 51.1 Å². The van der Waals surface area contributed by atoms with Crippen LogP contribution in [0.4, 0.5) is 0 Å². The van der Waals surface area contributed by atoms with Gasteiger partial charge in [-0.25, -0.2) is 4.57 Å². The van der Waals surface area contributed by atoms with Gasteiger partial charge in [0.15, 0.2) is 6.10 Å². The van der Waals surface area contributed by atoms with Crippen LogP contribution in [0.15, 0.2) is 12.2 Å². The number of nitrogens with two attached hydrogens (primary N) is 1. The van der Waals surface area contributed by atoms with E-state index in [9.17, 15) is 23.8 Å². The number of hydrogen-bond acceptors (Lipinski definition) is 9. The van der Waals surface area contributed by atoms with Crippen LogP contribution in [0.25, 0.3) is 0 Å². The minimum absolute atomic E-state index is 0.161. The Morgan fingerprint density at radius 1 is 0.517 bits per heavy atom. The van der Waals surface area contributed by atoms with E-state index in [1.54, 1.807) is 0 Å². The smallest absolute Gasteiger partial charge is 0.472 e. The highest BCUT2D eigenvalue weighted by Gasteiger charge is 2.28. The minimum atomic E-state index is -4.71. The number of carbonyl (C=O) groups excluding carboxylic acids is 2. The maximum absolute atomic E-state index is 12.7. The lowest BCUT2D eigenvalue weighted by molar-refractivity contribution is -0.161. The second kappa shape index (κ2) is 41.9. The number of allylic oxidation sites excluding steroid dienone is 2. The second-order valence-corrected chi connectivity index (χ2v) is 17.7. The van der Waals surface area contributed by atoms with Crippen LogP contribution >= 0.6 is 7.82 Å². The Kier molecular flexibility index (Phi) is 40.6. The lowest BCUT2D eigenvalue weighted by Gasteiger charge is -2.20. The van der Waals surface area contributed by atoms with E-state index in [0.29, 0.717) is 12.8 Å². The molecule has 0 heterocycles. The van der Waals surface area contributed by atoms with Crippen molar-refractivity contribution in [3.63, 3.8) is 0 Å². The number of carboxylic acid groups (broad SMARTS) is 1. The third-order valence-electron chi connectivity index (χ3n) is 10.5. The quantitative estimate of drug-likeness (QED) is 0.0230. The van der Waals surface area contributed by atoms with Crippen molar-refractivity contribution in [2.45, 2.75) is 244 Å². The third kappa shape index (κ3) is 41.0. The number of rotatable bonds is 45. The summed E-state index contributed by atoms with van der Waals surface area (Å²) in [6.45, 7) is 2.83. The Balaban J connectivity index is 4.28. The number of phosphoric ester groups is 1. The highest BCUT2D eigenvalue weighted by atomic mass is 31.2. The van der Waals surface area contributed by atoms with Crippen LogP contribution in [0.3, 0.4) is 0 Å². The van der Waals surface area contributed by atoms with Crippen molar-refractivity contribution < 1.29 is 47.5 Å². The molecule has 3 unspecified atom stereocenters. The first kappa shape index (κ1) is 56.2. The molecule has 0 aromatic rings. The summed E-state index contributed by atoms with van der Waals surface area (Å²) in [5.74, 6) is -2.37. The molecule has 342 valence electrons. The molecule has 3 atom stereocenters. The molecule has 58 heavy (non-hydrogen) atoms. The summed E-state index contributed by atoms with van der Waals surface area (Å²) in [6.07, 6.45) is 42.7. The topological polar surface area (TPSA) is 172 Å². The van der Waals surface area contributed by atoms with E-state index in [1.165, 1.54) is 148 Å². The van der Waals surface area contributed by atoms with Crippen molar-refractivity contribution >= 4 is 25.7 Å². The van der Waals surface area contributed by atoms with Crippen LogP contribution in [-0.2, 0) is 37.5 Å². The van der Waals surface area contributed by atoms with Gasteiger partial charge in [-0.2, -0.15) is 0 Å². The predicted octanol–water partition coefficient (Wildman–Crippen LogP) is 12.8. The van der Waals surface area contributed by atoms with Crippen LogP contribution in [0, 0.1) is 0 Å². The average molecular weight is 846 g/mol. The van der Waals surface area contributed by atoms with Gasteiger partial charge in [0, 0.05) is 12.8 Å². The first-order chi connectivity index (χ1) is 28.1. The second-order valence-electron chi connectivity index (χ2n) is 16.2. The monoisotopic (exact) mass is 846 g/mol. The molecule has 0 fully saturated rings. The van der Waals surface area contributed by atoms with E-state index in [2.05, 4.69) is 30.5 Å². The molecule has 12 heteroatoms. The fraction of sp³-hybridized carbons (Fsp3) is 0.891. The largest absolute Gasteiger partial charge is 0.480 e. The maximum atomic E-state index is 12.7.